The van der Waals surface area contributed by atoms with Crippen LogP contribution in [0.2, 0.25) is 0 Å². The average Bonchev–Trinajstić information content (AvgIpc) is 2.52. The highest BCUT2D eigenvalue weighted by atomic mass is 35.5. The zero-order valence-electron chi connectivity index (χ0n) is 14.6. The molecule has 9 heteroatoms. The molecule has 0 amide bonds. The van der Waals surface area contributed by atoms with E-state index >= 15 is 0 Å². The topological polar surface area (TPSA) is 83.6 Å². The summed E-state index contributed by atoms with van der Waals surface area (Å²) in [6, 6.07) is 6.15. The quantitative estimate of drug-likeness (QED) is 0.739. The van der Waals surface area contributed by atoms with Gasteiger partial charge in [0.15, 0.2) is 9.84 Å². The highest BCUT2D eigenvalue weighted by molar-refractivity contribution is 7.90. The van der Waals surface area contributed by atoms with E-state index in [0.29, 0.717) is 24.6 Å². The molecule has 0 aromatic heterocycles. The zero-order chi connectivity index (χ0) is 17.8. The lowest BCUT2D eigenvalue weighted by Gasteiger charge is -2.31. The van der Waals surface area contributed by atoms with Gasteiger partial charge in [0, 0.05) is 19.3 Å². The van der Waals surface area contributed by atoms with Crippen molar-refractivity contribution in [1.29, 1.82) is 0 Å². The molecular weight excluding hydrogens is 384 g/mol. The monoisotopic (exact) mass is 410 g/mol. The van der Waals surface area contributed by atoms with E-state index in [4.69, 9.17) is 0 Å². The van der Waals surface area contributed by atoms with Crippen LogP contribution in [-0.4, -0.2) is 53.6 Å². The van der Waals surface area contributed by atoms with E-state index < -0.39 is 19.9 Å². The molecule has 0 saturated carbocycles. The summed E-state index contributed by atoms with van der Waals surface area (Å²) >= 11 is 0. The van der Waals surface area contributed by atoms with Crippen molar-refractivity contribution in [3.8, 4) is 0 Å². The van der Waals surface area contributed by atoms with E-state index in [0.717, 1.165) is 32.2 Å². The largest absolute Gasteiger partial charge is 0.317 e. The minimum absolute atomic E-state index is 0. The Morgan fingerprint density at radius 1 is 1.08 bits per heavy atom. The normalized spacial score (nSPS) is 17.2. The van der Waals surface area contributed by atoms with Crippen molar-refractivity contribution in [2.24, 2.45) is 5.92 Å². The number of nitrogens with one attached hydrogen (secondary N) is 1. The highest BCUT2D eigenvalue weighted by Gasteiger charge is 2.29. The van der Waals surface area contributed by atoms with Crippen molar-refractivity contribution in [3.63, 3.8) is 0 Å². The fourth-order valence-corrected chi connectivity index (χ4v) is 5.18. The standard InChI is InChI=1S/C16H26N2O4S2.ClH/c1-3-17-12-14-8-10-18(11-9-14)24(21,22)16-6-4-15(5-7-16)13-23(2,19)20;/h4-7,14,17H,3,8-13H2,1-2H3;1H. The first-order valence-electron chi connectivity index (χ1n) is 8.20. The van der Waals surface area contributed by atoms with Crippen LogP contribution in [0.25, 0.3) is 0 Å². The number of rotatable bonds is 7. The summed E-state index contributed by atoms with van der Waals surface area (Å²) in [6.07, 6.45) is 2.88. The maximum absolute atomic E-state index is 12.7. The van der Waals surface area contributed by atoms with Crippen LogP contribution < -0.4 is 5.32 Å². The summed E-state index contributed by atoms with van der Waals surface area (Å²) < 4.78 is 49.5. The molecule has 0 bridgehead atoms. The van der Waals surface area contributed by atoms with Crippen LogP contribution in [0.3, 0.4) is 0 Å². The predicted octanol–water partition coefficient (Wildman–Crippen LogP) is 1.66. The predicted molar refractivity (Wildman–Crippen MR) is 102 cm³/mol. The first kappa shape index (κ1) is 22.4. The molecule has 1 aliphatic rings. The van der Waals surface area contributed by atoms with Crippen LogP contribution in [0, 0.1) is 5.92 Å². The van der Waals surface area contributed by atoms with Crippen molar-refractivity contribution in [2.45, 2.75) is 30.4 Å². The lowest BCUT2D eigenvalue weighted by Crippen LogP contribution is -2.40. The lowest BCUT2D eigenvalue weighted by atomic mass is 9.98. The van der Waals surface area contributed by atoms with Crippen molar-refractivity contribution in [3.05, 3.63) is 29.8 Å². The van der Waals surface area contributed by atoms with Crippen molar-refractivity contribution in [1.82, 2.24) is 9.62 Å². The van der Waals surface area contributed by atoms with Gasteiger partial charge in [0.2, 0.25) is 10.0 Å². The van der Waals surface area contributed by atoms with Gasteiger partial charge >= 0.3 is 0 Å². The van der Waals surface area contributed by atoms with Gasteiger partial charge in [-0.05, 0) is 49.5 Å². The van der Waals surface area contributed by atoms with Crippen LogP contribution in [0.4, 0.5) is 0 Å². The molecule has 1 fully saturated rings. The minimum Gasteiger partial charge on any atom is -0.317 e. The third-order valence-electron chi connectivity index (χ3n) is 4.25. The molecule has 6 nitrogen and oxygen atoms in total. The molecule has 0 radical (unpaired) electrons. The van der Waals surface area contributed by atoms with Crippen molar-refractivity contribution in [2.75, 3.05) is 32.4 Å². The SMILES string of the molecule is CCNCC1CCN(S(=O)(=O)c2ccc(CS(C)(=O)=O)cc2)CC1.Cl. The van der Waals surface area contributed by atoms with Gasteiger partial charge in [0.25, 0.3) is 0 Å². The molecule has 0 aliphatic carbocycles. The van der Waals surface area contributed by atoms with Gasteiger partial charge in [-0.25, -0.2) is 16.8 Å². The molecule has 2 rings (SSSR count). The Kier molecular flexibility index (Phi) is 8.34. The van der Waals surface area contributed by atoms with Gasteiger partial charge in [-0.3, -0.25) is 0 Å². The number of hydrogen-bond acceptors (Lipinski definition) is 5. The lowest BCUT2D eigenvalue weighted by molar-refractivity contribution is 0.268. The molecule has 1 N–H and O–H groups in total. The van der Waals surface area contributed by atoms with Gasteiger partial charge in [-0.2, -0.15) is 4.31 Å². The fraction of sp³-hybridized carbons (Fsp3) is 0.625. The van der Waals surface area contributed by atoms with Crippen LogP contribution in [0.15, 0.2) is 29.2 Å². The van der Waals surface area contributed by atoms with Gasteiger partial charge in [-0.1, -0.05) is 19.1 Å². The molecule has 0 atom stereocenters. The Bertz CT molecular complexity index is 741. The van der Waals surface area contributed by atoms with E-state index in [-0.39, 0.29) is 23.1 Å². The molecule has 0 spiro atoms. The van der Waals surface area contributed by atoms with Crippen LogP contribution in [0.1, 0.15) is 25.3 Å². The Balaban J connectivity index is 0.00000312. The number of halogens is 1. The van der Waals surface area contributed by atoms with E-state index in [2.05, 4.69) is 12.2 Å². The number of sulfonamides is 1. The highest BCUT2D eigenvalue weighted by Crippen LogP contribution is 2.24. The van der Waals surface area contributed by atoms with E-state index in [1.54, 1.807) is 12.1 Å². The van der Waals surface area contributed by atoms with Gasteiger partial charge < -0.3 is 5.32 Å². The second-order valence-electron chi connectivity index (χ2n) is 6.37. The van der Waals surface area contributed by atoms with Crippen molar-refractivity contribution < 1.29 is 16.8 Å². The molecule has 1 aliphatic heterocycles. The van der Waals surface area contributed by atoms with Gasteiger partial charge in [-0.15, -0.1) is 12.4 Å². The number of sulfone groups is 1. The minimum atomic E-state index is -3.50. The molecule has 0 unspecified atom stereocenters. The van der Waals surface area contributed by atoms with Crippen molar-refractivity contribution >= 4 is 32.3 Å². The molecule has 1 saturated heterocycles. The Hall–Kier alpha value is -0.670. The third kappa shape index (κ3) is 6.53. The second-order valence-corrected chi connectivity index (χ2v) is 10.4. The average molecular weight is 411 g/mol. The molecule has 1 heterocycles. The van der Waals surface area contributed by atoms with Gasteiger partial charge in [0.05, 0.1) is 10.6 Å². The van der Waals surface area contributed by atoms with Crippen LogP contribution in [0.5, 0.6) is 0 Å². The Morgan fingerprint density at radius 3 is 2.12 bits per heavy atom. The van der Waals surface area contributed by atoms with Crippen LogP contribution >= 0.6 is 12.4 Å². The van der Waals surface area contributed by atoms with Crippen LogP contribution in [-0.2, 0) is 25.6 Å². The second kappa shape index (κ2) is 9.32. The fourth-order valence-electron chi connectivity index (χ4n) is 2.91. The zero-order valence-corrected chi connectivity index (χ0v) is 17.1. The first-order valence-corrected chi connectivity index (χ1v) is 11.7. The summed E-state index contributed by atoms with van der Waals surface area (Å²) in [5.41, 5.74) is 0.598. The molecule has 1 aromatic carbocycles. The molecular formula is C16H27ClN2O4S2. The van der Waals surface area contributed by atoms with Gasteiger partial charge in [0.1, 0.15) is 0 Å². The molecule has 1 aromatic rings. The number of benzene rings is 1. The van der Waals surface area contributed by atoms with E-state index in [9.17, 15) is 16.8 Å². The number of hydrogen-bond donors (Lipinski definition) is 1. The summed E-state index contributed by atoms with van der Waals surface area (Å²) in [5, 5.41) is 3.31. The number of nitrogens with zero attached hydrogens (tertiary/aromatic N) is 1. The van der Waals surface area contributed by atoms with E-state index in [1.165, 1.54) is 16.4 Å². The first-order chi connectivity index (χ1) is 11.2. The Labute approximate surface area is 157 Å². The molecule has 144 valence electrons. The summed E-state index contributed by atoms with van der Waals surface area (Å²) in [4.78, 5) is 0.227. The third-order valence-corrected chi connectivity index (χ3v) is 7.02. The smallest absolute Gasteiger partial charge is 0.243 e. The summed E-state index contributed by atoms with van der Waals surface area (Å²) in [5.74, 6) is 0.442. The Morgan fingerprint density at radius 2 is 1.64 bits per heavy atom. The summed E-state index contributed by atoms with van der Waals surface area (Å²) in [7, 11) is -6.63. The maximum Gasteiger partial charge on any atom is 0.243 e. The maximum atomic E-state index is 12.7. The number of piperidine rings is 1. The summed E-state index contributed by atoms with van der Waals surface area (Å²) in [6.45, 7) is 4.99. The van der Waals surface area contributed by atoms with E-state index in [1.807, 2.05) is 0 Å². The molecule has 25 heavy (non-hydrogen) atoms.